The molecule has 1 heterocycles. The lowest BCUT2D eigenvalue weighted by atomic mass is 9.99. The predicted octanol–water partition coefficient (Wildman–Crippen LogP) is 1.83. The second-order valence-electron chi connectivity index (χ2n) is 5.91. The minimum absolute atomic E-state index is 0.0264. The number of carbonyl (C=O) groups is 1. The van der Waals surface area contributed by atoms with Gasteiger partial charge < -0.3 is 20.3 Å². The van der Waals surface area contributed by atoms with Gasteiger partial charge in [0.25, 0.3) is 5.91 Å². The van der Waals surface area contributed by atoms with Crippen LogP contribution in [0.3, 0.4) is 0 Å². The number of nitrogens with zero attached hydrogens (tertiary/aromatic N) is 2. The van der Waals surface area contributed by atoms with Crippen molar-refractivity contribution in [2.24, 2.45) is 5.92 Å². The zero-order valence-corrected chi connectivity index (χ0v) is 13.1. The summed E-state index contributed by atoms with van der Waals surface area (Å²) in [4.78, 5) is 16.2. The fraction of sp³-hybridized carbons (Fsp3) is 0.562. The number of carbonyl (C=O) groups excluding carboxylic acids is 1. The minimum Gasteiger partial charge on any atom is -0.397 e. The Labute approximate surface area is 126 Å². The van der Waals surface area contributed by atoms with E-state index in [-0.39, 0.29) is 5.91 Å². The summed E-state index contributed by atoms with van der Waals surface area (Å²) >= 11 is 0. The molecule has 1 aliphatic rings. The third kappa shape index (κ3) is 3.88. The standard InChI is InChI=1S/C16H25N3O2/c1-18(2)15-5-4-13(10-14(15)17)16(20)19(3)11-12-6-8-21-9-7-12/h4-5,10,12H,6-9,11,17H2,1-3H3. The van der Waals surface area contributed by atoms with Crippen LogP contribution >= 0.6 is 0 Å². The van der Waals surface area contributed by atoms with Crippen LogP contribution in [0.5, 0.6) is 0 Å². The molecule has 2 N–H and O–H groups in total. The maximum absolute atomic E-state index is 12.5. The molecule has 0 atom stereocenters. The van der Waals surface area contributed by atoms with Gasteiger partial charge in [-0.3, -0.25) is 4.79 Å². The number of nitrogen functional groups attached to an aromatic ring is 1. The van der Waals surface area contributed by atoms with Crippen LogP contribution in [0, 0.1) is 5.92 Å². The second kappa shape index (κ2) is 6.80. The number of nitrogens with two attached hydrogens (primary N) is 1. The summed E-state index contributed by atoms with van der Waals surface area (Å²) < 4.78 is 5.35. The van der Waals surface area contributed by atoms with Gasteiger partial charge in [0, 0.05) is 46.5 Å². The maximum atomic E-state index is 12.5. The van der Waals surface area contributed by atoms with Gasteiger partial charge in [0.2, 0.25) is 0 Å². The highest BCUT2D eigenvalue weighted by Gasteiger charge is 2.20. The summed E-state index contributed by atoms with van der Waals surface area (Å²) in [6.07, 6.45) is 2.05. The summed E-state index contributed by atoms with van der Waals surface area (Å²) in [5, 5.41) is 0. The fourth-order valence-corrected chi connectivity index (χ4v) is 2.71. The number of amides is 1. The Morgan fingerprint density at radius 2 is 1.95 bits per heavy atom. The van der Waals surface area contributed by atoms with Gasteiger partial charge in [-0.2, -0.15) is 0 Å². The third-order valence-electron chi connectivity index (χ3n) is 3.98. The van der Waals surface area contributed by atoms with Crippen molar-refractivity contribution in [3.63, 3.8) is 0 Å². The topological polar surface area (TPSA) is 58.8 Å². The van der Waals surface area contributed by atoms with Crippen molar-refractivity contribution < 1.29 is 9.53 Å². The van der Waals surface area contributed by atoms with Gasteiger partial charge in [-0.1, -0.05) is 0 Å². The lowest BCUT2D eigenvalue weighted by Gasteiger charge is -2.27. The van der Waals surface area contributed by atoms with Crippen LogP contribution in [-0.2, 0) is 4.74 Å². The van der Waals surface area contributed by atoms with E-state index in [1.165, 1.54) is 0 Å². The molecule has 0 aromatic heterocycles. The number of hydrogen-bond donors (Lipinski definition) is 1. The Hall–Kier alpha value is -1.75. The molecule has 1 aliphatic heterocycles. The Balaban J connectivity index is 2.03. The molecule has 2 rings (SSSR count). The number of rotatable bonds is 4. The molecule has 0 unspecified atom stereocenters. The van der Waals surface area contributed by atoms with E-state index < -0.39 is 0 Å². The van der Waals surface area contributed by atoms with Gasteiger partial charge >= 0.3 is 0 Å². The van der Waals surface area contributed by atoms with E-state index in [0.29, 0.717) is 17.2 Å². The molecule has 1 aromatic rings. The SMILES string of the molecule is CN(CC1CCOCC1)C(=O)c1ccc(N(C)C)c(N)c1. The van der Waals surface area contributed by atoms with Crippen LogP contribution in [0.25, 0.3) is 0 Å². The zero-order chi connectivity index (χ0) is 15.4. The van der Waals surface area contributed by atoms with Gasteiger partial charge in [0.15, 0.2) is 0 Å². The summed E-state index contributed by atoms with van der Waals surface area (Å²) in [5.74, 6) is 0.560. The van der Waals surface area contributed by atoms with E-state index in [1.807, 2.05) is 38.2 Å². The molecule has 1 fully saturated rings. The molecule has 21 heavy (non-hydrogen) atoms. The highest BCUT2D eigenvalue weighted by atomic mass is 16.5. The Morgan fingerprint density at radius 3 is 2.52 bits per heavy atom. The monoisotopic (exact) mass is 291 g/mol. The summed E-state index contributed by atoms with van der Waals surface area (Å²) in [7, 11) is 5.72. The van der Waals surface area contributed by atoms with Crippen molar-refractivity contribution in [1.29, 1.82) is 0 Å². The zero-order valence-electron chi connectivity index (χ0n) is 13.1. The average Bonchev–Trinajstić information content (AvgIpc) is 2.47. The quantitative estimate of drug-likeness (QED) is 0.860. The van der Waals surface area contributed by atoms with Crippen LogP contribution in [0.1, 0.15) is 23.2 Å². The van der Waals surface area contributed by atoms with Crippen LogP contribution < -0.4 is 10.6 Å². The van der Waals surface area contributed by atoms with Crippen LogP contribution in [0.2, 0.25) is 0 Å². The van der Waals surface area contributed by atoms with Crippen molar-refractivity contribution in [2.45, 2.75) is 12.8 Å². The number of anilines is 2. The van der Waals surface area contributed by atoms with E-state index in [0.717, 1.165) is 38.3 Å². The Kier molecular flexibility index (Phi) is 5.07. The minimum atomic E-state index is 0.0264. The molecule has 0 bridgehead atoms. The molecule has 1 saturated heterocycles. The van der Waals surface area contributed by atoms with Crippen LogP contribution in [-0.4, -0.2) is 51.7 Å². The van der Waals surface area contributed by atoms with Gasteiger partial charge in [0.05, 0.1) is 11.4 Å². The second-order valence-corrected chi connectivity index (χ2v) is 5.91. The van der Waals surface area contributed by atoms with Crippen molar-refractivity contribution in [3.8, 4) is 0 Å². The van der Waals surface area contributed by atoms with Crippen LogP contribution in [0.4, 0.5) is 11.4 Å². The number of benzene rings is 1. The van der Waals surface area contributed by atoms with Gasteiger partial charge in [-0.05, 0) is 37.0 Å². The van der Waals surface area contributed by atoms with Gasteiger partial charge in [0.1, 0.15) is 0 Å². The van der Waals surface area contributed by atoms with E-state index in [4.69, 9.17) is 10.5 Å². The van der Waals surface area contributed by atoms with E-state index in [9.17, 15) is 4.79 Å². The Bertz CT molecular complexity index is 496. The fourth-order valence-electron chi connectivity index (χ4n) is 2.71. The normalized spacial score (nSPS) is 15.8. The van der Waals surface area contributed by atoms with Crippen molar-refractivity contribution >= 4 is 17.3 Å². The van der Waals surface area contributed by atoms with E-state index in [1.54, 1.807) is 11.0 Å². The smallest absolute Gasteiger partial charge is 0.253 e. The highest BCUT2D eigenvalue weighted by Crippen LogP contribution is 2.23. The highest BCUT2D eigenvalue weighted by molar-refractivity contribution is 5.96. The molecule has 0 spiro atoms. The molecule has 5 heteroatoms. The lowest BCUT2D eigenvalue weighted by molar-refractivity contribution is 0.0497. The first kappa shape index (κ1) is 15.6. The molecule has 116 valence electrons. The molecule has 0 aliphatic carbocycles. The number of hydrogen-bond acceptors (Lipinski definition) is 4. The first-order chi connectivity index (χ1) is 9.99. The molecule has 0 radical (unpaired) electrons. The first-order valence-electron chi connectivity index (χ1n) is 7.39. The molecule has 1 amide bonds. The summed E-state index contributed by atoms with van der Waals surface area (Å²) in [6, 6.07) is 5.50. The average molecular weight is 291 g/mol. The summed E-state index contributed by atoms with van der Waals surface area (Å²) in [5.41, 5.74) is 8.22. The van der Waals surface area contributed by atoms with Crippen molar-refractivity contribution in [3.05, 3.63) is 23.8 Å². The largest absolute Gasteiger partial charge is 0.397 e. The lowest BCUT2D eigenvalue weighted by Crippen LogP contribution is -2.34. The van der Waals surface area contributed by atoms with Crippen molar-refractivity contribution in [1.82, 2.24) is 4.90 Å². The van der Waals surface area contributed by atoms with Crippen LogP contribution in [0.15, 0.2) is 18.2 Å². The van der Waals surface area contributed by atoms with Gasteiger partial charge in [-0.15, -0.1) is 0 Å². The molecule has 0 saturated carbocycles. The first-order valence-corrected chi connectivity index (χ1v) is 7.39. The molecular weight excluding hydrogens is 266 g/mol. The molecule has 1 aromatic carbocycles. The molecular formula is C16H25N3O2. The number of ether oxygens (including phenoxy) is 1. The van der Waals surface area contributed by atoms with Gasteiger partial charge in [-0.25, -0.2) is 0 Å². The summed E-state index contributed by atoms with van der Waals surface area (Å²) in [6.45, 7) is 2.38. The third-order valence-corrected chi connectivity index (χ3v) is 3.98. The van der Waals surface area contributed by atoms with Crippen molar-refractivity contribution in [2.75, 3.05) is 51.5 Å². The Morgan fingerprint density at radius 1 is 1.29 bits per heavy atom. The van der Waals surface area contributed by atoms with E-state index in [2.05, 4.69) is 0 Å². The predicted molar refractivity (Wildman–Crippen MR) is 85.7 cm³/mol. The maximum Gasteiger partial charge on any atom is 0.253 e. The van der Waals surface area contributed by atoms with E-state index >= 15 is 0 Å². The molecule has 5 nitrogen and oxygen atoms in total.